The third-order valence-electron chi connectivity index (χ3n) is 3.87. The number of hydrogen-bond donors (Lipinski definition) is 3. The van der Waals surface area contributed by atoms with Crippen LogP contribution in [0.2, 0.25) is 0 Å². The zero-order valence-electron chi connectivity index (χ0n) is 15.4. The predicted octanol–water partition coefficient (Wildman–Crippen LogP) is 4.91. The summed E-state index contributed by atoms with van der Waals surface area (Å²) < 4.78 is 0. The van der Waals surface area contributed by atoms with Crippen molar-refractivity contribution in [1.29, 1.82) is 0 Å². The summed E-state index contributed by atoms with van der Waals surface area (Å²) in [7, 11) is 0. The van der Waals surface area contributed by atoms with Gasteiger partial charge >= 0.3 is 5.97 Å². The minimum absolute atomic E-state index is 0.373. The van der Waals surface area contributed by atoms with Crippen LogP contribution in [0.1, 0.15) is 104 Å². The number of carbonyl (C=O) groups is 1. The molecular formula is C19H40O4. The van der Waals surface area contributed by atoms with Gasteiger partial charge in [0.2, 0.25) is 0 Å². The van der Waals surface area contributed by atoms with Crippen molar-refractivity contribution < 1.29 is 20.1 Å². The molecule has 0 amide bonds. The van der Waals surface area contributed by atoms with E-state index in [1.807, 2.05) is 0 Å². The molecule has 4 nitrogen and oxygen atoms in total. The molecule has 0 heterocycles. The van der Waals surface area contributed by atoms with Crippen molar-refractivity contribution in [3.63, 3.8) is 0 Å². The third kappa shape index (κ3) is 26.6. The number of carboxylic acids is 1. The number of unbranched alkanes of at least 4 members (excludes halogenated alkanes) is 13. The summed E-state index contributed by atoms with van der Waals surface area (Å²) >= 11 is 0. The van der Waals surface area contributed by atoms with Gasteiger partial charge in [0.25, 0.3) is 0 Å². The van der Waals surface area contributed by atoms with Crippen LogP contribution in [0.25, 0.3) is 0 Å². The van der Waals surface area contributed by atoms with Gasteiger partial charge in [-0.05, 0) is 13.3 Å². The molecule has 1 unspecified atom stereocenters. The van der Waals surface area contributed by atoms with Gasteiger partial charge in [-0.3, -0.25) is 0 Å². The number of carboxylic acid groups (broad SMARTS) is 1. The molecule has 0 aliphatic heterocycles. The number of aliphatic carboxylic acids is 1. The van der Waals surface area contributed by atoms with E-state index in [0.717, 1.165) is 6.42 Å². The molecule has 1 atom stereocenters. The average molecular weight is 333 g/mol. The zero-order valence-corrected chi connectivity index (χ0v) is 15.4. The summed E-state index contributed by atoms with van der Waals surface area (Å²) in [5.74, 6) is -1.19. The maximum Gasteiger partial charge on any atom is 0.332 e. The molecule has 4 heteroatoms. The molecule has 0 saturated carbocycles. The highest BCUT2D eigenvalue weighted by atomic mass is 16.4. The second-order valence-corrected chi connectivity index (χ2v) is 6.33. The first-order chi connectivity index (χ1) is 11.1. The maximum atomic E-state index is 9.45. The highest BCUT2D eigenvalue weighted by Crippen LogP contribution is 2.12. The first-order valence-electron chi connectivity index (χ1n) is 9.58. The van der Waals surface area contributed by atoms with E-state index in [1.54, 1.807) is 0 Å². The highest BCUT2D eigenvalue weighted by molar-refractivity contribution is 5.71. The molecule has 0 saturated heterocycles. The van der Waals surface area contributed by atoms with Crippen molar-refractivity contribution in [1.82, 2.24) is 0 Å². The lowest BCUT2D eigenvalue weighted by molar-refractivity contribution is -0.145. The van der Waals surface area contributed by atoms with Crippen LogP contribution in [-0.2, 0) is 4.79 Å². The summed E-state index contributed by atoms with van der Waals surface area (Å²) in [6.07, 6.45) is 18.0. The van der Waals surface area contributed by atoms with Gasteiger partial charge in [-0.15, -0.1) is 0 Å². The Bertz CT molecular complexity index is 215. The molecule has 0 spiro atoms. The predicted molar refractivity (Wildman–Crippen MR) is 96.7 cm³/mol. The van der Waals surface area contributed by atoms with Crippen molar-refractivity contribution in [2.75, 3.05) is 6.61 Å². The van der Waals surface area contributed by atoms with Crippen LogP contribution in [0.15, 0.2) is 0 Å². The average Bonchev–Trinajstić information content (AvgIpc) is 2.52. The van der Waals surface area contributed by atoms with Crippen molar-refractivity contribution in [2.45, 2.75) is 110 Å². The molecule has 0 aliphatic carbocycles. The van der Waals surface area contributed by atoms with Gasteiger partial charge in [-0.25, -0.2) is 4.79 Å². The first-order valence-corrected chi connectivity index (χ1v) is 9.58. The minimum Gasteiger partial charge on any atom is -0.479 e. The molecule has 0 aromatic carbocycles. The molecule has 140 valence electrons. The Hall–Kier alpha value is -0.610. The molecule has 23 heavy (non-hydrogen) atoms. The number of hydrogen-bond acceptors (Lipinski definition) is 3. The summed E-state index contributed by atoms with van der Waals surface area (Å²) in [5.41, 5.74) is 0. The fourth-order valence-electron chi connectivity index (χ4n) is 2.31. The summed E-state index contributed by atoms with van der Waals surface area (Å²) in [6, 6.07) is 0. The van der Waals surface area contributed by atoms with E-state index in [2.05, 4.69) is 6.92 Å². The number of aliphatic hydroxyl groups excluding tert-OH is 2. The van der Waals surface area contributed by atoms with Crippen molar-refractivity contribution in [3.8, 4) is 0 Å². The van der Waals surface area contributed by atoms with Crippen LogP contribution < -0.4 is 0 Å². The van der Waals surface area contributed by atoms with Gasteiger partial charge in [0.05, 0.1) is 0 Å². The van der Waals surface area contributed by atoms with Crippen LogP contribution >= 0.6 is 0 Å². The van der Waals surface area contributed by atoms with E-state index in [9.17, 15) is 4.79 Å². The van der Waals surface area contributed by atoms with Crippen molar-refractivity contribution in [3.05, 3.63) is 0 Å². The van der Waals surface area contributed by atoms with E-state index in [-0.39, 0.29) is 0 Å². The lowest BCUT2D eigenvalue weighted by Crippen LogP contribution is -2.13. The van der Waals surface area contributed by atoms with Crippen LogP contribution in [0.5, 0.6) is 0 Å². The van der Waals surface area contributed by atoms with E-state index in [4.69, 9.17) is 15.3 Å². The van der Waals surface area contributed by atoms with Gasteiger partial charge in [-0.1, -0.05) is 90.4 Å². The number of aliphatic hydroxyl groups is 2. The standard InChI is InChI=1S/C16H34O.C3H6O3/c1-2-3-4-5-6-7-8-9-10-11-12-13-14-15-16-17;1-2(4)3(5)6/h17H,2-16H2,1H3;2,4H,1H3,(H,5,6). The Kier molecular flexibility index (Phi) is 22.9. The zero-order chi connectivity index (χ0) is 17.8. The summed E-state index contributed by atoms with van der Waals surface area (Å²) in [6.45, 7) is 3.85. The highest BCUT2D eigenvalue weighted by Gasteiger charge is 2.01. The quantitative estimate of drug-likeness (QED) is 0.372. The Morgan fingerprint density at radius 2 is 1.00 bits per heavy atom. The van der Waals surface area contributed by atoms with Gasteiger partial charge in [0.15, 0.2) is 0 Å². The van der Waals surface area contributed by atoms with Gasteiger partial charge in [0.1, 0.15) is 6.10 Å². The molecule has 0 radical (unpaired) electrons. The fourth-order valence-corrected chi connectivity index (χ4v) is 2.31. The summed E-state index contributed by atoms with van der Waals surface area (Å²) in [5, 5.41) is 24.4. The van der Waals surface area contributed by atoms with Gasteiger partial charge < -0.3 is 15.3 Å². The molecule has 0 rings (SSSR count). The topological polar surface area (TPSA) is 77.8 Å². The summed E-state index contributed by atoms with van der Waals surface area (Å²) in [4.78, 5) is 9.45. The molecule has 0 aromatic heterocycles. The normalized spacial score (nSPS) is 11.7. The smallest absolute Gasteiger partial charge is 0.332 e. The number of rotatable bonds is 15. The van der Waals surface area contributed by atoms with Crippen LogP contribution in [0.3, 0.4) is 0 Å². The van der Waals surface area contributed by atoms with Gasteiger partial charge in [0, 0.05) is 6.61 Å². The van der Waals surface area contributed by atoms with E-state index in [0.29, 0.717) is 6.61 Å². The largest absolute Gasteiger partial charge is 0.479 e. The second-order valence-electron chi connectivity index (χ2n) is 6.33. The Labute approximate surface area is 143 Å². The van der Waals surface area contributed by atoms with Crippen molar-refractivity contribution in [2.24, 2.45) is 0 Å². The SMILES string of the molecule is CC(O)C(=O)O.CCCCCCCCCCCCCCCCO. The van der Waals surface area contributed by atoms with Crippen LogP contribution in [-0.4, -0.2) is 34.0 Å². The van der Waals surface area contributed by atoms with Crippen LogP contribution in [0, 0.1) is 0 Å². The minimum atomic E-state index is -1.23. The lowest BCUT2D eigenvalue weighted by atomic mass is 10.0. The van der Waals surface area contributed by atoms with Crippen LogP contribution in [0.4, 0.5) is 0 Å². The Balaban J connectivity index is 0. The van der Waals surface area contributed by atoms with E-state index in [1.165, 1.54) is 90.4 Å². The molecule has 0 bridgehead atoms. The van der Waals surface area contributed by atoms with E-state index < -0.39 is 12.1 Å². The third-order valence-corrected chi connectivity index (χ3v) is 3.87. The molecular weight excluding hydrogens is 292 g/mol. The molecule has 3 N–H and O–H groups in total. The molecule has 0 fully saturated rings. The molecule has 0 aromatic rings. The van der Waals surface area contributed by atoms with E-state index >= 15 is 0 Å². The Morgan fingerprint density at radius 3 is 1.22 bits per heavy atom. The van der Waals surface area contributed by atoms with Gasteiger partial charge in [-0.2, -0.15) is 0 Å². The molecule has 0 aliphatic rings. The Morgan fingerprint density at radius 1 is 0.739 bits per heavy atom. The first kappa shape index (κ1) is 24.6. The second kappa shape index (κ2) is 21.4. The monoisotopic (exact) mass is 332 g/mol. The maximum absolute atomic E-state index is 9.45. The lowest BCUT2D eigenvalue weighted by Gasteiger charge is -2.02. The fraction of sp³-hybridized carbons (Fsp3) is 0.947. The van der Waals surface area contributed by atoms with Crippen molar-refractivity contribution >= 4 is 5.97 Å².